The van der Waals surface area contributed by atoms with Crippen LogP contribution in [0.2, 0.25) is 0 Å². The number of aryl methyl sites for hydroxylation is 1. The van der Waals surface area contributed by atoms with Crippen LogP contribution in [0.25, 0.3) is 0 Å². The summed E-state index contributed by atoms with van der Waals surface area (Å²) >= 11 is 0. The molecule has 94 valence electrons. The lowest BCUT2D eigenvalue weighted by Crippen LogP contribution is -2.37. The van der Waals surface area contributed by atoms with Crippen LogP contribution in [0, 0.1) is 0 Å². The van der Waals surface area contributed by atoms with Crippen molar-refractivity contribution in [1.29, 1.82) is 0 Å². The number of rotatable bonds is 4. The fourth-order valence-corrected chi connectivity index (χ4v) is 3.01. The molecule has 0 spiro atoms. The third kappa shape index (κ3) is 2.19. The second kappa shape index (κ2) is 5.09. The highest BCUT2D eigenvalue weighted by Gasteiger charge is 2.34. The Bertz CT molecular complexity index is 381. The van der Waals surface area contributed by atoms with Crippen molar-refractivity contribution in [3.05, 3.63) is 29.3 Å². The van der Waals surface area contributed by atoms with Crippen LogP contribution in [0.5, 0.6) is 5.75 Å². The Morgan fingerprint density at radius 1 is 1.29 bits per heavy atom. The first-order valence-corrected chi connectivity index (χ1v) is 6.62. The first kappa shape index (κ1) is 12.4. The molecule has 0 bridgehead atoms. The van der Waals surface area contributed by atoms with Crippen LogP contribution in [0.3, 0.4) is 0 Å². The smallest absolute Gasteiger partial charge is 0.122 e. The van der Waals surface area contributed by atoms with E-state index in [1.165, 1.54) is 36.8 Å². The highest BCUT2D eigenvalue weighted by atomic mass is 16.5. The number of benzene rings is 1. The van der Waals surface area contributed by atoms with Gasteiger partial charge in [0, 0.05) is 5.54 Å². The van der Waals surface area contributed by atoms with Gasteiger partial charge in [0.2, 0.25) is 0 Å². The lowest BCUT2D eigenvalue weighted by Gasteiger charge is -2.30. The number of methoxy groups -OCH3 is 1. The summed E-state index contributed by atoms with van der Waals surface area (Å²) in [5.74, 6) is 1.01. The van der Waals surface area contributed by atoms with Crippen molar-refractivity contribution in [3.63, 3.8) is 0 Å². The van der Waals surface area contributed by atoms with Crippen LogP contribution >= 0.6 is 0 Å². The summed E-state index contributed by atoms with van der Waals surface area (Å²) in [5.41, 5.74) is 2.94. The Morgan fingerprint density at radius 2 is 2.00 bits per heavy atom. The molecule has 1 aromatic rings. The normalized spacial score (nSPS) is 18.3. The number of nitrogens with one attached hydrogen (secondary N) is 1. The number of hydrogen-bond acceptors (Lipinski definition) is 2. The molecule has 1 saturated carbocycles. The zero-order chi connectivity index (χ0) is 12.3. The van der Waals surface area contributed by atoms with Gasteiger partial charge in [-0.05, 0) is 43.5 Å². The van der Waals surface area contributed by atoms with Gasteiger partial charge in [-0.2, -0.15) is 0 Å². The molecule has 2 heteroatoms. The largest absolute Gasteiger partial charge is 0.496 e. The summed E-state index contributed by atoms with van der Waals surface area (Å²) in [6.07, 6.45) is 6.18. The minimum absolute atomic E-state index is 0.205. The third-order valence-corrected chi connectivity index (χ3v) is 4.15. The molecule has 0 aromatic heterocycles. The van der Waals surface area contributed by atoms with E-state index in [1.54, 1.807) is 7.11 Å². The van der Waals surface area contributed by atoms with Crippen molar-refractivity contribution in [2.24, 2.45) is 0 Å². The summed E-state index contributed by atoms with van der Waals surface area (Å²) in [4.78, 5) is 0. The van der Waals surface area contributed by atoms with Crippen molar-refractivity contribution in [3.8, 4) is 5.75 Å². The predicted octanol–water partition coefficient (Wildman–Crippen LogP) is 3.25. The van der Waals surface area contributed by atoms with Gasteiger partial charge in [0.05, 0.1) is 7.11 Å². The van der Waals surface area contributed by atoms with Crippen LogP contribution in [0.1, 0.15) is 43.7 Å². The van der Waals surface area contributed by atoms with Crippen LogP contribution in [-0.2, 0) is 12.0 Å². The van der Waals surface area contributed by atoms with E-state index >= 15 is 0 Å². The van der Waals surface area contributed by atoms with E-state index in [0.717, 1.165) is 12.2 Å². The fraction of sp³-hybridized carbons (Fsp3) is 0.600. The van der Waals surface area contributed by atoms with Gasteiger partial charge in [-0.3, -0.25) is 0 Å². The molecule has 0 heterocycles. The van der Waals surface area contributed by atoms with Gasteiger partial charge in [-0.1, -0.05) is 31.9 Å². The molecule has 2 rings (SSSR count). The zero-order valence-electron chi connectivity index (χ0n) is 11.2. The van der Waals surface area contributed by atoms with Crippen molar-refractivity contribution < 1.29 is 4.74 Å². The Hall–Kier alpha value is -1.02. The number of hydrogen-bond donors (Lipinski definition) is 1. The molecule has 0 saturated heterocycles. The summed E-state index contributed by atoms with van der Waals surface area (Å²) in [6, 6.07) is 6.66. The van der Waals surface area contributed by atoms with Gasteiger partial charge < -0.3 is 10.1 Å². The minimum atomic E-state index is 0.205. The molecule has 0 atom stereocenters. The molecule has 17 heavy (non-hydrogen) atoms. The fourth-order valence-electron chi connectivity index (χ4n) is 3.01. The van der Waals surface area contributed by atoms with Gasteiger partial charge in [0.1, 0.15) is 5.75 Å². The van der Waals surface area contributed by atoms with Crippen molar-refractivity contribution >= 4 is 0 Å². The number of ether oxygens (including phenoxy) is 1. The summed E-state index contributed by atoms with van der Waals surface area (Å²) in [5, 5.41) is 3.54. The molecule has 1 N–H and O–H groups in total. The average molecular weight is 233 g/mol. The Morgan fingerprint density at radius 3 is 2.53 bits per heavy atom. The molecule has 2 nitrogen and oxygen atoms in total. The molecule has 1 aromatic carbocycles. The van der Waals surface area contributed by atoms with E-state index in [-0.39, 0.29) is 5.54 Å². The molecular formula is C15H23NO. The van der Waals surface area contributed by atoms with E-state index in [2.05, 4.69) is 37.5 Å². The minimum Gasteiger partial charge on any atom is -0.496 e. The summed E-state index contributed by atoms with van der Waals surface area (Å²) < 4.78 is 5.40. The standard InChI is InChI=1S/C15H23NO/c1-4-12-11-13(7-8-14(12)17-3)15(16-2)9-5-6-10-15/h7-8,11,16H,4-6,9-10H2,1-3H3. The van der Waals surface area contributed by atoms with Crippen molar-refractivity contribution in [2.45, 2.75) is 44.6 Å². The molecule has 1 aliphatic rings. The quantitative estimate of drug-likeness (QED) is 0.862. The molecule has 0 radical (unpaired) electrons. The van der Waals surface area contributed by atoms with E-state index < -0.39 is 0 Å². The third-order valence-electron chi connectivity index (χ3n) is 4.15. The SMILES string of the molecule is CCc1cc(C2(NC)CCCC2)ccc1OC. The lowest BCUT2D eigenvalue weighted by atomic mass is 9.87. The van der Waals surface area contributed by atoms with E-state index in [9.17, 15) is 0 Å². The molecule has 0 amide bonds. The van der Waals surface area contributed by atoms with Crippen LogP contribution in [0.15, 0.2) is 18.2 Å². The van der Waals surface area contributed by atoms with Crippen LogP contribution < -0.4 is 10.1 Å². The topological polar surface area (TPSA) is 21.3 Å². The highest BCUT2D eigenvalue weighted by Crippen LogP contribution is 2.39. The maximum atomic E-state index is 5.40. The Labute approximate surface area is 104 Å². The van der Waals surface area contributed by atoms with Crippen LogP contribution in [-0.4, -0.2) is 14.2 Å². The summed E-state index contributed by atoms with van der Waals surface area (Å²) in [6.45, 7) is 2.18. The molecular weight excluding hydrogens is 210 g/mol. The maximum absolute atomic E-state index is 5.40. The lowest BCUT2D eigenvalue weighted by molar-refractivity contribution is 0.370. The molecule has 0 unspecified atom stereocenters. The van der Waals surface area contributed by atoms with Crippen LogP contribution in [0.4, 0.5) is 0 Å². The Kier molecular flexibility index (Phi) is 3.72. The van der Waals surface area contributed by atoms with Crippen molar-refractivity contribution in [1.82, 2.24) is 5.32 Å². The monoisotopic (exact) mass is 233 g/mol. The highest BCUT2D eigenvalue weighted by molar-refractivity contribution is 5.40. The van der Waals surface area contributed by atoms with Gasteiger partial charge in [-0.25, -0.2) is 0 Å². The van der Waals surface area contributed by atoms with Gasteiger partial charge >= 0.3 is 0 Å². The maximum Gasteiger partial charge on any atom is 0.122 e. The summed E-state index contributed by atoms with van der Waals surface area (Å²) in [7, 11) is 3.83. The van der Waals surface area contributed by atoms with Gasteiger partial charge in [0.25, 0.3) is 0 Å². The second-order valence-corrected chi connectivity index (χ2v) is 4.92. The first-order valence-electron chi connectivity index (χ1n) is 6.62. The molecule has 1 aliphatic carbocycles. The molecule has 0 aliphatic heterocycles. The average Bonchev–Trinajstić information content (AvgIpc) is 2.88. The molecule has 1 fully saturated rings. The Balaban J connectivity index is 2.38. The zero-order valence-corrected chi connectivity index (χ0v) is 11.2. The predicted molar refractivity (Wildman–Crippen MR) is 71.6 cm³/mol. The van der Waals surface area contributed by atoms with Gasteiger partial charge in [-0.15, -0.1) is 0 Å². The second-order valence-electron chi connectivity index (χ2n) is 4.92. The van der Waals surface area contributed by atoms with E-state index in [1.807, 2.05) is 0 Å². The first-order chi connectivity index (χ1) is 8.25. The van der Waals surface area contributed by atoms with E-state index in [4.69, 9.17) is 4.74 Å². The van der Waals surface area contributed by atoms with Crippen molar-refractivity contribution in [2.75, 3.05) is 14.2 Å². The van der Waals surface area contributed by atoms with E-state index in [0.29, 0.717) is 0 Å². The van der Waals surface area contributed by atoms with Gasteiger partial charge in [0.15, 0.2) is 0 Å².